The van der Waals surface area contributed by atoms with Gasteiger partial charge in [0.15, 0.2) is 6.10 Å². The van der Waals surface area contributed by atoms with E-state index < -0.39 is 31.6 Å². The molecule has 0 rings (SSSR count). The number of alkyl carbamates (subject to hydrolysis) is 1. The van der Waals surface area contributed by atoms with Gasteiger partial charge in [0.2, 0.25) is 0 Å². The number of amides is 1. The molecule has 0 heterocycles. The van der Waals surface area contributed by atoms with Crippen molar-refractivity contribution in [3.05, 3.63) is 0 Å². The van der Waals surface area contributed by atoms with Crippen molar-refractivity contribution in [3.8, 4) is 0 Å². The average molecular weight is 1000 g/mol. The van der Waals surface area contributed by atoms with E-state index in [1.54, 1.807) is 0 Å². The van der Waals surface area contributed by atoms with Crippen LogP contribution >= 0.6 is 7.82 Å². The summed E-state index contributed by atoms with van der Waals surface area (Å²) in [6.07, 6.45) is 39.6. The van der Waals surface area contributed by atoms with E-state index in [0.717, 1.165) is 51.4 Å². The summed E-state index contributed by atoms with van der Waals surface area (Å²) in [7, 11) is -2.94. The van der Waals surface area contributed by atoms with Crippen LogP contribution in [-0.4, -0.2) is 75.4 Å². The van der Waals surface area contributed by atoms with Crippen molar-refractivity contribution in [1.82, 2.24) is 5.32 Å². The lowest BCUT2D eigenvalue weighted by Crippen LogP contribution is -2.41. The van der Waals surface area contributed by atoms with Gasteiger partial charge in [0.05, 0.1) is 25.4 Å². The number of hydrogen-bond donors (Lipinski definition) is 1. The molecular weight excluding hydrogens is 894 g/mol. The van der Waals surface area contributed by atoms with Crippen LogP contribution in [0.1, 0.15) is 286 Å². The number of unbranched alkanes of at least 4 members (excludes halogenated alkanes) is 28. The number of phosphoric ester groups is 1. The minimum atomic E-state index is -4.13. The molecule has 0 radical (unpaired) electrons. The lowest BCUT2D eigenvalue weighted by Gasteiger charge is -2.34. The van der Waals surface area contributed by atoms with Gasteiger partial charge in [0.1, 0.15) is 12.2 Å². The quantitative estimate of drug-likeness (QED) is 0.0269. The Morgan fingerprint density at radius 2 is 0.913 bits per heavy atom. The van der Waals surface area contributed by atoms with E-state index in [1.165, 1.54) is 155 Å². The predicted octanol–water partition coefficient (Wildman–Crippen LogP) is 17.0. The zero-order valence-electron chi connectivity index (χ0n) is 46.2. The second kappa shape index (κ2) is 46.1. The van der Waals surface area contributed by atoms with E-state index in [1.807, 2.05) is 13.8 Å². The number of phosphoric acid groups is 1. The van der Waals surface area contributed by atoms with Gasteiger partial charge in [-0.3, -0.25) is 23.2 Å². The predicted molar refractivity (Wildman–Crippen MR) is 284 cm³/mol. The summed E-state index contributed by atoms with van der Waals surface area (Å²) < 4.78 is 53.0. The van der Waals surface area contributed by atoms with Gasteiger partial charge in [-0.15, -0.1) is 0 Å². The van der Waals surface area contributed by atoms with Crippen LogP contribution in [0.3, 0.4) is 0 Å². The molecule has 13 heteroatoms. The smallest absolute Gasteiger partial charge is 0.462 e. The molecule has 2 unspecified atom stereocenters. The summed E-state index contributed by atoms with van der Waals surface area (Å²) in [5.41, 5.74) is -0.904. The Morgan fingerprint density at radius 3 is 1.30 bits per heavy atom. The van der Waals surface area contributed by atoms with Crippen molar-refractivity contribution in [1.29, 1.82) is 0 Å². The van der Waals surface area contributed by atoms with Crippen molar-refractivity contribution in [3.63, 3.8) is 0 Å². The van der Waals surface area contributed by atoms with Crippen LogP contribution in [0.2, 0.25) is 0 Å². The first-order chi connectivity index (χ1) is 33.4. The topological polar surface area (TPSA) is 145 Å². The van der Waals surface area contributed by atoms with E-state index in [0.29, 0.717) is 32.3 Å². The second-order valence-electron chi connectivity index (χ2n) is 19.9. The van der Waals surface area contributed by atoms with E-state index in [4.69, 9.17) is 32.5 Å². The lowest BCUT2D eigenvalue weighted by atomic mass is 9.93. The maximum Gasteiger partial charge on any atom is 0.474 e. The minimum Gasteiger partial charge on any atom is -0.462 e. The van der Waals surface area contributed by atoms with Crippen LogP contribution in [0.25, 0.3) is 0 Å². The third-order valence-corrected chi connectivity index (χ3v) is 15.5. The maximum absolute atomic E-state index is 13.4. The molecule has 1 N–H and O–H groups in total. The van der Waals surface area contributed by atoms with Crippen LogP contribution < -0.4 is 5.32 Å². The number of nitrogens with one attached hydrogen (secondary N) is 1. The summed E-state index contributed by atoms with van der Waals surface area (Å²) in [6, 6.07) is 0. The highest BCUT2D eigenvalue weighted by atomic mass is 31.2. The summed E-state index contributed by atoms with van der Waals surface area (Å²) >= 11 is 0. The fourth-order valence-electron chi connectivity index (χ4n) is 8.50. The molecule has 0 aliphatic rings. The van der Waals surface area contributed by atoms with Crippen molar-refractivity contribution >= 4 is 25.9 Å². The molecule has 0 aromatic heterocycles. The standard InChI is InChI=1S/C56H110NO11P/c1-9-15-17-19-21-23-25-27-29-31-33-35-37-39-41-43-52(58)63-49-51(67-53(59)44-42-40-38-36-34-32-30-28-26-24-22-20-18-16-10-2)50-66-69(61,62-8)65-48-46-57-54(60)68-56(13-5,14-6)45-47-64-55(7,11-3)12-4/h51H,9-50H2,1-8H3,(H,57,60). The van der Waals surface area contributed by atoms with Gasteiger partial charge in [-0.05, 0) is 45.4 Å². The molecule has 0 aromatic carbocycles. The van der Waals surface area contributed by atoms with Crippen LogP contribution in [0.4, 0.5) is 4.79 Å². The van der Waals surface area contributed by atoms with Gasteiger partial charge in [-0.2, -0.15) is 0 Å². The van der Waals surface area contributed by atoms with Crippen LogP contribution in [-0.2, 0) is 46.7 Å². The molecule has 2 atom stereocenters. The van der Waals surface area contributed by atoms with Gasteiger partial charge >= 0.3 is 25.9 Å². The molecule has 0 aliphatic heterocycles. The van der Waals surface area contributed by atoms with Crippen molar-refractivity contribution < 1.29 is 51.5 Å². The number of carbonyl (C=O) groups excluding carboxylic acids is 3. The third-order valence-electron chi connectivity index (χ3n) is 14.1. The molecule has 69 heavy (non-hydrogen) atoms. The van der Waals surface area contributed by atoms with Gasteiger partial charge in [-0.25, -0.2) is 9.36 Å². The number of hydrogen-bond acceptors (Lipinski definition) is 11. The Hall–Kier alpha value is -1.72. The van der Waals surface area contributed by atoms with E-state index in [2.05, 4.69) is 39.9 Å². The number of esters is 2. The van der Waals surface area contributed by atoms with Gasteiger partial charge < -0.3 is 24.3 Å². The van der Waals surface area contributed by atoms with Crippen LogP contribution in [0.15, 0.2) is 0 Å². The Labute approximate surface area is 424 Å². The minimum absolute atomic E-state index is 0.0200. The van der Waals surface area contributed by atoms with Gasteiger partial charge in [-0.1, -0.05) is 221 Å². The highest BCUT2D eigenvalue weighted by Crippen LogP contribution is 2.48. The Morgan fingerprint density at radius 1 is 0.507 bits per heavy atom. The first-order valence-corrected chi connectivity index (χ1v) is 30.3. The lowest BCUT2D eigenvalue weighted by molar-refractivity contribution is -0.161. The normalized spacial score (nSPS) is 13.3. The van der Waals surface area contributed by atoms with Crippen LogP contribution in [0.5, 0.6) is 0 Å². The van der Waals surface area contributed by atoms with Gasteiger partial charge in [0.25, 0.3) is 0 Å². The first kappa shape index (κ1) is 67.3. The average Bonchev–Trinajstić information content (AvgIpc) is 3.35. The summed E-state index contributed by atoms with van der Waals surface area (Å²) in [5.74, 6) is -0.806. The zero-order chi connectivity index (χ0) is 51.2. The van der Waals surface area contributed by atoms with Gasteiger partial charge in [0, 0.05) is 32.9 Å². The van der Waals surface area contributed by atoms with Crippen molar-refractivity contribution in [2.75, 3.05) is 40.1 Å². The molecule has 0 bridgehead atoms. The first-order valence-electron chi connectivity index (χ1n) is 28.8. The highest BCUT2D eigenvalue weighted by molar-refractivity contribution is 7.48. The SMILES string of the molecule is CCCCCCCCCCCCCCCCCC(=O)OCC(COP(=O)(OC)OCCNC(=O)OC(CC)(CC)CCOC(C)(CC)CC)OC(=O)CCCCCCCCCCCCCCCCC. The number of rotatable bonds is 52. The van der Waals surface area contributed by atoms with E-state index >= 15 is 0 Å². The molecule has 0 saturated carbocycles. The molecule has 12 nitrogen and oxygen atoms in total. The summed E-state index contributed by atoms with van der Waals surface area (Å²) in [4.78, 5) is 38.6. The molecule has 410 valence electrons. The second-order valence-corrected chi connectivity index (χ2v) is 21.7. The summed E-state index contributed by atoms with van der Waals surface area (Å²) in [5, 5.41) is 2.67. The molecule has 0 aliphatic carbocycles. The monoisotopic (exact) mass is 1000 g/mol. The maximum atomic E-state index is 13.4. The molecule has 0 fully saturated rings. The van der Waals surface area contributed by atoms with Crippen molar-refractivity contribution in [2.45, 2.75) is 303 Å². The molecule has 0 saturated heterocycles. The Bertz CT molecular complexity index is 1240. The molecule has 0 spiro atoms. The largest absolute Gasteiger partial charge is 0.474 e. The fraction of sp³-hybridized carbons (Fsp3) is 0.946. The number of ether oxygens (including phenoxy) is 4. The highest BCUT2D eigenvalue weighted by Gasteiger charge is 2.33. The van der Waals surface area contributed by atoms with E-state index in [9.17, 15) is 18.9 Å². The van der Waals surface area contributed by atoms with E-state index in [-0.39, 0.29) is 50.8 Å². The molecule has 0 aromatic rings. The fourth-order valence-corrected chi connectivity index (χ4v) is 9.45. The Kier molecular flexibility index (Phi) is 44.9. The van der Waals surface area contributed by atoms with Crippen molar-refractivity contribution in [2.24, 2.45) is 0 Å². The Balaban J connectivity index is 4.91. The zero-order valence-corrected chi connectivity index (χ0v) is 47.1. The van der Waals surface area contributed by atoms with Crippen LogP contribution in [0, 0.1) is 0 Å². The number of carbonyl (C=O) groups is 3. The molecular formula is C56H110NO11P. The molecule has 1 amide bonds. The third kappa shape index (κ3) is 39.5. The summed E-state index contributed by atoms with van der Waals surface area (Å²) in [6.45, 7) is 14.4.